The van der Waals surface area contributed by atoms with Crippen molar-refractivity contribution in [2.24, 2.45) is 0 Å². The van der Waals surface area contributed by atoms with E-state index in [1.165, 1.54) is 35.5 Å². The van der Waals surface area contributed by atoms with Crippen molar-refractivity contribution in [2.75, 3.05) is 31.1 Å². The Morgan fingerprint density at radius 1 is 0.962 bits per heavy atom. The summed E-state index contributed by atoms with van der Waals surface area (Å²) < 4.78 is 53.8. The molecule has 1 heterocycles. The van der Waals surface area contributed by atoms with Crippen molar-refractivity contribution in [1.29, 1.82) is 0 Å². The van der Waals surface area contributed by atoms with Gasteiger partial charge < -0.3 is 4.90 Å². The Morgan fingerprint density at radius 3 is 2.12 bits per heavy atom. The van der Waals surface area contributed by atoms with Crippen LogP contribution in [-0.4, -0.2) is 44.7 Å². The number of nitrogens with zero attached hydrogens (tertiary/aromatic N) is 2. The molecule has 0 unspecified atom stereocenters. The van der Waals surface area contributed by atoms with Crippen LogP contribution in [0.4, 0.5) is 14.5 Å². The lowest BCUT2D eigenvalue weighted by Crippen LogP contribution is -2.48. The molecule has 3 rings (SSSR count). The second kappa shape index (κ2) is 7.13. The maximum Gasteiger partial charge on any atom is 0.243 e. The average Bonchev–Trinajstić information content (AvgIpc) is 2.62. The number of ketones is 1. The molecule has 0 bridgehead atoms. The van der Waals surface area contributed by atoms with Gasteiger partial charge in [-0.25, -0.2) is 17.2 Å². The average molecular weight is 380 g/mol. The van der Waals surface area contributed by atoms with E-state index in [1.807, 2.05) is 0 Å². The number of hydrogen-bond acceptors (Lipinski definition) is 4. The lowest BCUT2D eigenvalue weighted by Gasteiger charge is -2.35. The van der Waals surface area contributed by atoms with E-state index in [2.05, 4.69) is 0 Å². The maximum absolute atomic E-state index is 14.3. The summed E-state index contributed by atoms with van der Waals surface area (Å²) in [6, 6.07) is 8.97. The molecular formula is C18H18F2N2O3S. The quantitative estimate of drug-likeness (QED) is 0.766. The summed E-state index contributed by atoms with van der Waals surface area (Å²) in [6.07, 6.45) is 0. The Hall–Kier alpha value is -2.32. The maximum atomic E-state index is 14.3. The van der Waals surface area contributed by atoms with Crippen LogP contribution in [-0.2, 0) is 10.0 Å². The Morgan fingerprint density at radius 2 is 1.58 bits per heavy atom. The standard InChI is InChI=1S/C18H18F2N2O3S/c1-13(23)14-2-7-18(17(20)12-14)21-8-10-22(11-9-21)26(24,25)16-5-3-15(19)4-6-16/h2-7,12H,8-11H2,1H3. The van der Waals surface area contributed by atoms with Crippen molar-refractivity contribution in [3.05, 3.63) is 59.7 Å². The summed E-state index contributed by atoms with van der Waals surface area (Å²) >= 11 is 0. The zero-order valence-electron chi connectivity index (χ0n) is 14.2. The summed E-state index contributed by atoms with van der Waals surface area (Å²) in [7, 11) is -3.71. The Balaban J connectivity index is 1.73. The summed E-state index contributed by atoms with van der Waals surface area (Å²) in [6.45, 7) is 2.38. The predicted octanol–water partition coefficient (Wildman–Crippen LogP) is 2.68. The highest BCUT2D eigenvalue weighted by Gasteiger charge is 2.29. The number of rotatable bonds is 4. The first kappa shape index (κ1) is 18.5. The Bertz CT molecular complexity index is 922. The summed E-state index contributed by atoms with van der Waals surface area (Å²) in [5, 5.41) is 0. The SMILES string of the molecule is CC(=O)c1ccc(N2CCN(S(=O)(=O)c3ccc(F)cc3)CC2)c(F)c1. The minimum absolute atomic E-state index is 0.0318. The zero-order valence-corrected chi connectivity index (χ0v) is 15.0. The normalized spacial score (nSPS) is 15.9. The topological polar surface area (TPSA) is 57.7 Å². The highest BCUT2D eigenvalue weighted by Crippen LogP contribution is 2.24. The molecule has 0 spiro atoms. The van der Waals surface area contributed by atoms with Crippen LogP contribution in [0.2, 0.25) is 0 Å². The fourth-order valence-corrected chi connectivity index (χ4v) is 4.33. The van der Waals surface area contributed by atoms with Crippen LogP contribution >= 0.6 is 0 Å². The third-order valence-electron chi connectivity index (χ3n) is 4.38. The molecule has 1 saturated heterocycles. The Labute approximate surface area is 150 Å². The fourth-order valence-electron chi connectivity index (χ4n) is 2.91. The first-order valence-electron chi connectivity index (χ1n) is 8.10. The van der Waals surface area contributed by atoms with Crippen molar-refractivity contribution >= 4 is 21.5 Å². The molecule has 0 aromatic heterocycles. The smallest absolute Gasteiger partial charge is 0.243 e. The van der Waals surface area contributed by atoms with Gasteiger partial charge in [-0.3, -0.25) is 4.79 Å². The van der Waals surface area contributed by atoms with Gasteiger partial charge in [-0.05, 0) is 49.4 Å². The Kier molecular flexibility index (Phi) is 5.06. The van der Waals surface area contributed by atoms with E-state index >= 15 is 0 Å². The number of hydrogen-bond donors (Lipinski definition) is 0. The number of piperazine rings is 1. The van der Waals surface area contributed by atoms with Crippen LogP contribution in [0.1, 0.15) is 17.3 Å². The molecule has 0 N–H and O–H groups in total. The highest BCUT2D eigenvalue weighted by molar-refractivity contribution is 7.89. The van der Waals surface area contributed by atoms with Gasteiger partial charge in [0.25, 0.3) is 0 Å². The third-order valence-corrected chi connectivity index (χ3v) is 6.30. The van der Waals surface area contributed by atoms with Crippen molar-refractivity contribution in [3.8, 4) is 0 Å². The van der Waals surface area contributed by atoms with E-state index in [0.29, 0.717) is 24.3 Å². The number of carbonyl (C=O) groups is 1. The molecule has 5 nitrogen and oxygen atoms in total. The lowest BCUT2D eigenvalue weighted by atomic mass is 10.1. The van der Waals surface area contributed by atoms with E-state index in [0.717, 1.165) is 12.1 Å². The number of Topliss-reactive ketones (excluding diaryl/α,β-unsaturated/α-hetero) is 1. The van der Waals surface area contributed by atoms with Crippen LogP contribution in [0.15, 0.2) is 47.4 Å². The lowest BCUT2D eigenvalue weighted by molar-refractivity contribution is 0.101. The van der Waals surface area contributed by atoms with E-state index in [-0.39, 0.29) is 23.8 Å². The van der Waals surface area contributed by atoms with Gasteiger partial charge in [-0.2, -0.15) is 4.31 Å². The van der Waals surface area contributed by atoms with Crippen molar-refractivity contribution in [3.63, 3.8) is 0 Å². The molecule has 0 aliphatic carbocycles. The predicted molar refractivity (Wildman–Crippen MR) is 93.8 cm³/mol. The van der Waals surface area contributed by atoms with E-state index < -0.39 is 21.7 Å². The zero-order chi connectivity index (χ0) is 18.9. The van der Waals surface area contributed by atoms with Gasteiger partial charge in [-0.15, -0.1) is 0 Å². The molecule has 0 amide bonds. The van der Waals surface area contributed by atoms with Crippen molar-refractivity contribution in [1.82, 2.24) is 4.31 Å². The minimum Gasteiger partial charge on any atom is -0.367 e. The second-order valence-electron chi connectivity index (χ2n) is 6.07. The summed E-state index contributed by atoms with van der Waals surface area (Å²) in [4.78, 5) is 13.1. The molecule has 1 aliphatic rings. The van der Waals surface area contributed by atoms with Gasteiger partial charge in [0.15, 0.2) is 5.78 Å². The van der Waals surface area contributed by atoms with Crippen LogP contribution in [0.5, 0.6) is 0 Å². The molecule has 1 aliphatic heterocycles. The van der Waals surface area contributed by atoms with Gasteiger partial charge in [0, 0.05) is 31.7 Å². The molecule has 1 fully saturated rings. The summed E-state index contributed by atoms with van der Waals surface area (Å²) in [5.41, 5.74) is 0.637. The van der Waals surface area contributed by atoms with Crippen LogP contribution in [0, 0.1) is 11.6 Å². The van der Waals surface area contributed by atoms with Crippen molar-refractivity contribution in [2.45, 2.75) is 11.8 Å². The first-order chi connectivity index (χ1) is 12.3. The second-order valence-corrected chi connectivity index (χ2v) is 8.01. The highest BCUT2D eigenvalue weighted by atomic mass is 32.2. The molecule has 26 heavy (non-hydrogen) atoms. The van der Waals surface area contributed by atoms with Gasteiger partial charge in [0.2, 0.25) is 10.0 Å². The van der Waals surface area contributed by atoms with Gasteiger partial charge in [0.05, 0.1) is 10.6 Å². The van der Waals surface area contributed by atoms with Crippen LogP contribution in [0.3, 0.4) is 0 Å². The third kappa shape index (κ3) is 3.61. The summed E-state index contributed by atoms with van der Waals surface area (Å²) in [5.74, 6) is -1.23. The monoisotopic (exact) mass is 380 g/mol. The number of benzene rings is 2. The molecular weight excluding hydrogens is 362 g/mol. The minimum atomic E-state index is -3.71. The molecule has 2 aromatic rings. The van der Waals surface area contributed by atoms with Crippen LogP contribution < -0.4 is 4.90 Å². The van der Waals surface area contributed by atoms with Gasteiger partial charge in [-0.1, -0.05) is 0 Å². The number of halogens is 2. The first-order valence-corrected chi connectivity index (χ1v) is 9.54. The molecule has 8 heteroatoms. The van der Waals surface area contributed by atoms with Gasteiger partial charge in [0.1, 0.15) is 11.6 Å². The largest absolute Gasteiger partial charge is 0.367 e. The van der Waals surface area contributed by atoms with E-state index in [1.54, 1.807) is 11.0 Å². The number of sulfonamides is 1. The number of anilines is 1. The van der Waals surface area contributed by atoms with Crippen molar-refractivity contribution < 1.29 is 22.0 Å². The number of carbonyl (C=O) groups excluding carboxylic acids is 1. The van der Waals surface area contributed by atoms with Crippen LogP contribution in [0.25, 0.3) is 0 Å². The van der Waals surface area contributed by atoms with E-state index in [4.69, 9.17) is 0 Å². The molecule has 0 saturated carbocycles. The fraction of sp³-hybridized carbons (Fsp3) is 0.278. The van der Waals surface area contributed by atoms with Gasteiger partial charge >= 0.3 is 0 Å². The molecule has 0 radical (unpaired) electrons. The molecule has 2 aromatic carbocycles. The molecule has 0 atom stereocenters. The van der Waals surface area contributed by atoms with E-state index in [9.17, 15) is 22.0 Å². The molecule has 138 valence electrons.